The van der Waals surface area contributed by atoms with E-state index >= 15 is 0 Å². The number of nitrogens with one attached hydrogen (secondary N) is 2. The normalized spacial score (nSPS) is 19.0. The minimum Gasteiger partial charge on any atom is -0.435 e. The number of rotatable bonds is 5. The molecule has 2 fully saturated rings. The molecule has 9 heteroatoms. The topological polar surface area (TPSA) is 87.7 Å². The zero-order valence-electron chi connectivity index (χ0n) is 14.0. The number of hydrogen-bond acceptors (Lipinski definition) is 4. The lowest BCUT2D eigenvalue weighted by Gasteiger charge is -2.30. The Morgan fingerprint density at radius 3 is 2.46 bits per heavy atom. The van der Waals surface area contributed by atoms with Crippen LogP contribution >= 0.6 is 0 Å². The molecule has 0 radical (unpaired) electrons. The highest BCUT2D eigenvalue weighted by Crippen LogP contribution is 2.33. The van der Waals surface area contributed by atoms with Gasteiger partial charge in [-0.15, -0.1) is 0 Å². The molecule has 1 aliphatic carbocycles. The molecule has 0 unspecified atom stereocenters. The van der Waals surface area contributed by atoms with Crippen LogP contribution in [0, 0.1) is 0 Å². The molecule has 1 saturated heterocycles. The van der Waals surface area contributed by atoms with Gasteiger partial charge in [-0.2, -0.15) is 8.78 Å². The maximum absolute atomic E-state index is 12.6. The Balaban J connectivity index is 1.59. The molecule has 1 heterocycles. The van der Waals surface area contributed by atoms with Gasteiger partial charge in [0.05, 0.1) is 0 Å². The number of alkyl halides is 2. The van der Waals surface area contributed by atoms with Crippen LogP contribution in [0.15, 0.2) is 24.3 Å². The predicted octanol–water partition coefficient (Wildman–Crippen LogP) is 2.48. The van der Waals surface area contributed by atoms with Crippen LogP contribution in [0.2, 0.25) is 0 Å². The molecule has 140 valence electrons. The molecule has 3 rings (SSSR count). The van der Waals surface area contributed by atoms with Gasteiger partial charge in [0.1, 0.15) is 17.8 Å². The number of anilines is 1. The van der Waals surface area contributed by atoms with Crippen molar-refractivity contribution in [1.29, 1.82) is 0 Å². The van der Waals surface area contributed by atoms with E-state index in [0.717, 1.165) is 24.2 Å². The predicted molar refractivity (Wildman–Crippen MR) is 87.8 cm³/mol. The van der Waals surface area contributed by atoms with E-state index in [9.17, 15) is 23.2 Å². The van der Waals surface area contributed by atoms with Gasteiger partial charge >= 0.3 is 12.6 Å². The Morgan fingerprint density at radius 1 is 1.19 bits per heavy atom. The fraction of sp³-hybridized carbons (Fsp3) is 0.471. The van der Waals surface area contributed by atoms with Gasteiger partial charge in [0.25, 0.3) is 5.91 Å². The highest BCUT2D eigenvalue weighted by atomic mass is 19.3. The van der Waals surface area contributed by atoms with E-state index in [0.29, 0.717) is 18.5 Å². The monoisotopic (exact) mass is 367 g/mol. The number of halogens is 2. The number of benzene rings is 1. The number of urea groups is 1. The summed E-state index contributed by atoms with van der Waals surface area (Å²) >= 11 is 0. The van der Waals surface area contributed by atoms with Crippen LogP contribution in [0.1, 0.15) is 32.1 Å². The first-order valence-corrected chi connectivity index (χ1v) is 8.38. The van der Waals surface area contributed by atoms with Crippen molar-refractivity contribution >= 4 is 23.5 Å². The summed E-state index contributed by atoms with van der Waals surface area (Å²) in [7, 11) is 0. The van der Waals surface area contributed by atoms with Crippen LogP contribution in [0.5, 0.6) is 5.75 Å². The Morgan fingerprint density at radius 2 is 1.85 bits per heavy atom. The fourth-order valence-corrected chi connectivity index (χ4v) is 3.38. The van der Waals surface area contributed by atoms with E-state index in [4.69, 9.17) is 0 Å². The van der Waals surface area contributed by atoms with Crippen LogP contribution in [0.25, 0.3) is 0 Å². The third kappa shape index (κ3) is 3.76. The van der Waals surface area contributed by atoms with Gasteiger partial charge in [-0.3, -0.25) is 14.5 Å². The van der Waals surface area contributed by atoms with E-state index in [2.05, 4.69) is 15.4 Å². The minimum absolute atomic E-state index is 0.0358. The summed E-state index contributed by atoms with van der Waals surface area (Å²) in [5, 5.41) is 5.26. The fourth-order valence-electron chi connectivity index (χ4n) is 3.38. The lowest BCUT2D eigenvalue weighted by molar-refractivity contribution is -0.134. The molecule has 1 aromatic carbocycles. The molecule has 7 nitrogen and oxygen atoms in total. The SMILES string of the molecule is O=C(CN1C(=O)NC2(CCCCC2)C1=O)Nc1ccc(OC(F)F)cc1. The molecule has 2 N–H and O–H groups in total. The van der Waals surface area contributed by atoms with E-state index in [1.807, 2.05) is 0 Å². The molecular formula is C17H19F2N3O4. The lowest BCUT2D eigenvalue weighted by atomic mass is 9.82. The van der Waals surface area contributed by atoms with Gasteiger partial charge in [-0.05, 0) is 37.1 Å². The van der Waals surface area contributed by atoms with Gasteiger partial charge in [0.15, 0.2) is 0 Å². The van der Waals surface area contributed by atoms with Crippen molar-refractivity contribution in [2.24, 2.45) is 0 Å². The van der Waals surface area contributed by atoms with Crippen LogP contribution in [0.4, 0.5) is 19.3 Å². The van der Waals surface area contributed by atoms with Crippen molar-refractivity contribution in [1.82, 2.24) is 10.2 Å². The van der Waals surface area contributed by atoms with Crippen molar-refractivity contribution in [2.75, 3.05) is 11.9 Å². The molecule has 4 amide bonds. The third-order valence-corrected chi connectivity index (χ3v) is 4.62. The quantitative estimate of drug-likeness (QED) is 0.783. The number of imide groups is 1. The maximum Gasteiger partial charge on any atom is 0.387 e. The van der Waals surface area contributed by atoms with Gasteiger partial charge in [0, 0.05) is 5.69 Å². The second kappa shape index (κ2) is 7.27. The zero-order chi connectivity index (χ0) is 18.7. The largest absolute Gasteiger partial charge is 0.435 e. The van der Waals surface area contributed by atoms with Crippen molar-refractivity contribution in [3.8, 4) is 5.75 Å². The minimum atomic E-state index is -2.93. The first kappa shape index (κ1) is 18.1. The van der Waals surface area contributed by atoms with Gasteiger partial charge in [-0.1, -0.05) is 19.3 Å². The second-order valence-corrected chi connectivity index (χ2v) is 6.42. The average molecular weight is 367 g/mol. The van der Waals surface area contributed by atoms with Crippen LogP contribution in [-0.2, 0) is 9.59 Å². The summed E-state index contributed by atoms with van der Waals surface area (Å²) in [6, 6.07) is 4.79. The molecule has 0 aromatic heterocycles. The van der Waals surface area contributed by atoms with Gasteiger partial charge in [0.2, 0.25) is 5.91 Å². The smallest absolute Gasteiger partial charge is 0.387 e. The molecule has 26 heavy (non-hydrogen) atoms. The first-order chi connectivity index (χ1) is 12.4. The molecular weight excluding hydrogens is 348 g/mol. The summed E-state index contributed by atoms with van der Waals surface area (Å²) in [5.74, 6) is -0.951. The van der Waals surface area contributed by atoms with E-state index in [-0.39, 0.29) is 11.7 Å². The Hall–Kier alpha value is -2.71. The van der Waals surface area contributed by atoms with Crippen LogP contribution < -0.4 is 15.4 Å². The maximum atomic E-state index is 12.6. The molecule has 1 aromatic rings. The Kier molecular flexibility index (Phi) is 5.06. The molecule has 1 saturated carbocycles. The molecule has 1 aliphatic heterocycles. The average Bonchev–Trinajstić information content (AvgIpc) is 2.81. The lowest BCUT2D eigenvalue weighted by Crippen LogP contribution is -2.48. The van der Waals surface area contributed by atoms with Gasteiger partial charge in [-0.25, -0.2) is 4.79 Å². The Labute approximate surface area is 148 Å². The van der Waals surface area contributed by atoms with Crippen LogP contribution in [0.3, 0.4) is 0 Å². The molecule has 2 aliphatic rings. The van der Waals surface area contributed by atoms with Crippen molar-refractivity contribution in [3.05, 3.63) is 24.3 Å². The van der Waals surface area contributed by atoms with Gasteiger partial charge < -0.3 is 15.4 Å². The van der Waals surface area contributed by atoms with Crippen LogP contribution in [-0.4, -0.2) is 41.4 Å². The molecule has 0 atom stereocenters. The summed E-state index contributed by atoms with van der Waals surface area (Å²) in [6.07, 6.45) is 3.91. The van der Waals surface area contributed by atoms with Crippen molar-refractivity contribution in [2.45, 2.75) is 44.3 Å². The Bertz CT molecular complexity index is 702. The standard InChI is InChI=1S/C17H19F2N3O4/c18-15(19)26-12-6-4-11(5-7-12)20-13(23)10-22-14(24)17(21-16(22)25)8-2-1-3-9-17/h4-7,15H,1-3,8-10H2,(H,20,23)(H,21,25). The number of amides is 4. The third-order valence-electron chi connectivity index (χ3n) is 4.62. The first-order valence-electron chi connectivity index (χ1n) is 8.38. The second-order valence-electron chi connectivity index (χ2n) is 6.42. The summed E-state index contributed by atoms with van der Waals surface area (Å²) in [6.45, 7) is -3.33. The highest BCUT2D eigenvalue weighted by molar-refractivity contribution is 6.10. The number of ether oxygens (including phenoxy) is 1. The van der Waals surface area contributed by atoms with E-state index in [1.54, 1.807) is 0 Å². The van der Waals surface area contributed by atoms with Crippen molar-refractivity contribution in [3.63, 3.8) is 0 Å². The number of carbonyl (C=O) groups excluding carboxylic acids is 3. The molecule has 1 spiro atoms. The number of carbonyl (C=O) groups is 3. The highest BCUT2D eigenvalue weighted by Gasteiger charge is 2.51. The van der Waals surface area contributed by atoms with E-state index in [1.165, 1.54) is 24.3 Å². The van der Waals surface area contributed by atoms with Crippen molar-refractivity contribution < 1.29 is 27.9 Å². The zero-order valence-corrected chi connectivity index (χ0v) is 14.0. The number of nitrogens with zero attached hydrogens (tertiary/aromatic N) is 1. The summed E-state index contributed by atoms with van der Waals surface area (Å²) < 4.78 is 28.5. The summed E-state index contributed by atoms with van der Waals surface area (Å²) in [4.78, 5) is 37.8. The summed E-state index contributed by atoms with van der Waals surface area (Å²) in [5.41, 5.74) is -0.528. The molecule has 0 bridgehead atoms. The number of hydrogen-bond donors (Lipinski definition) is 2. The van der Waals surface area contributed by atoms with E-state index < -0.39 is 30.6 Å².